The van der Waals surface area contributed by atoms with Crippen molar-refractivity contribution in [2.45, 2.75) is 24.8 Å². The van der Waals surface area contributed by atoms with Gasteiger partial charge in [0.1, 0.15) is 12.7 Å². The Hall–Kier alpha value is -2.36. The second kappa shape index (κ2) is 6.58. The third-order valence-electron chi connectivity index (χ3n) is 6.01. The fourth-order valence-corrected chi connectivity index (χ4v) is 5.06. The van der Waals surface area contributed by atoms with Gasteiger partial charge in [-0.25, -0.2) is 4.68 Å². The number of aliphatic hydroxyl groups excluding tert-OH is 1. The molecule has 0 radical (unpaired) electrons. The Morgan fingerprint density at radius 2 is 2.07 bits per heavy atom. The standard InChI is InChI=1S/C20H20BrN3O5/c1-22-19(27)16-18(29-10-12-5-3-2-4-6-12)17(26)14(21)15-13(25)9-23(24(15)16)20(22)7-8-28-11-20/h2-6,13,25H,7-11H2,1H3. The predicted octanol–water partition coefficient (Wildman–Crippen LogP) is 1.38. The van der Waals surface area contributed by atoms with Crippen LogP contribution in [0.4, 0.5) is 0 Å². The van der Waals surface area contributed by atoms with Crippen molar-refractivity contribution in [3.8, 4) is 5.75 Å². The number of amides is 1. The molecule has 3 aliphatic rings. The maximum Gasteiger partial charge on any atom is 0.278 e. The van der Waals surface area contributed by atoms with Crippen molar-refractivity contribution in [1.29, 1.82) is 0 Å². The van der Waals surface area contributed by atoms with Crippen molar-refractivity contribution in [1.82, 2.24) is 9.58 Å². The number of hydrogen-bond donors (Lipinski definition) is 1. The van der Waals surface area contributed by atoms with Crippen molar-refractivity contribution in [3.05, 3.63) is 62.0 Å². The zero-order valence-corrected chi connectivity index (χ0v) is 17.4. The van der Waals surface area contributed by atoms with Crippen molar-refractivity contribution < 1.29 is 19.4 Å². The second-order valence-electron chi connectivity index (χ2n) is 7.54. The lowest BCUT2D eigenvalue weighted by Crippen LogP contribution is -2.69. The number of ether oxygens (including phenoxy) is 2. The number of pyridine rings is 1. The van der Waals surface area contributed by atoms with Crippen LogP contribution in [0.3, 0.4) is 0 Å². The summed E-state index contributed by atoms with van der Waals surface area (Å²) in [4.78, 5) is 28.1. The summed E-state index contributed by atoms with van der Waals surface area (Å²) in [6.45, 7) is 1.27. The lowest BCUT2D eigenvalue weighted by atomic mass is 10.0. The zero-order valence-electron chi connectivity index (χ0n) is 15.8. The first-order valence-corrected chi connectivity index (χ1v) is 10.2. The number of carbonyl (C=O) groups is 1. The van der Waals surface area contributed by atoms with Gasteiger partial charge in [-0.2, -0.15) is 0 Å². The Bertz CT molecular complexity index is 1050. The van der Waals surface area contributed by atoms with Gasteiger partial charge in [0.2, 0.25) is 5.43 Å². The number of halogens is 1. The van der Waals surface area contributed by atoms with E-state index in [2.05, 4.69) is 15.9 Å². The van der Waals surface area contributed by atoms with Crippen LogP contribution in [0.15, 0.2) is 39.6 Å². The molecule has 2 aromatic rings. The van der Waals surface area contributed by atoms with Gasteiger partial charge in [0, 0.05) is 13.5 Å². The fraction of sp³-hybridized carbons (Fsp3) is 0.400. The van der Waals surface area contributed by atoms with Crippen molar-refractivity contribution in [2.75, 3.05) is 31.8 Å². The lowest BCUT2D eigenvalue weighted by Gasteiger charge is -2.50. The quantitative estimate of drug-likeness (QED) is 0.742. The van der Waals surface area contributed by atoms with Crippen molar-refractivity contribution in [3.63, 3.8) is 0 Å². The van der Waals surface area contributed by atoms with Crippen LogP contribution in [0.2, 0.25) is 0 Å². The van der Waals surface area contributed by atoms with Gasteiger partial charge < -0.3 is 19.5 Å². The average Bonchev–Trinajstić information content (AvgIpc) is 3.34. The number of likely N-dealkylation sites (N-methyl/N-ethyl adjacent to an activating group) is 1. The minimum absolute atomic E-state index is 0.0193. The summed E-state index contributed by atoms with van der Waals surface area (Å²) in [6, 6.07) is 9.44. The summed E-state index contributed by atoms with van der Waals surface area (Å²) in [7, 11) is 1.71. The van der Waals surface area contributed by atoms with Crippen LogP contribution < -0.4 is 15.2 Å². The Labute approximate surface area is 175 Å². The second-order valence-corrected chi connectivity index (χ2v) is 8.33. The van der Waals surface area contributed by atoms with E-state index in [1.165, 1.54) is 0 Å². The molecule has 3 aliphatic heterocycles. The maximum absolute atomic E-state index is 13.4. The molecule has 1 saturated heterocycles. The van der Waals surface area contributed by atoms with Crippen molar-refractivity contribution >= 4 is 21.8 Å². The molecule has 29 heavy (non-hydrogen) atoms. The minimum atomic E-state index is -0.907. The van der Waals surface area contributed by atoms with Gasteiger partial charge >= 0.3 is 0 Å². The topological polar surface area (TPSA) is 84.2 Å². The van der Waals surface area contributed by atoms with Crippen LogP contribution in [0.1, 0.15) is 34.3 Å². The molecule has 1 aromatic heterocycles. The molecule has 1 amide bonds. The molecule has 5 rings (SSSR count). The van der Waals surface area contributed by atoms with E-state index in [0.29, 0.717) is 25.3 Å². The van der Waals surface area contributed by atoms with Gasteiger partial charge in [-0.1, -0.05) is 30.3 Å². The number of benzene rings is 1. The minimum Gasteiger partial charge on any atom is -0.482 e. The third-order valence-corrected chi connectivity index (χ3v) is 6.77. The highest BCUT2D eigenvalue weighted by molar-refractivity contribution is 9.10. The van der Waals surface area contributed by atoms with E-state index >= 15 is 0 Å². The molecule has 9 heteroatoms. The van der Waals surface area contributed by atoms with Gasteiger partial charge in [0.05, 0.1) is 29.9 Å². The third kappa shape index (κ3) is 2.50. The van der Waals surface area contributed by atoms with Crippen LogP contribution >= 0.6 is 15.9 Å². The van der Waals surface area contributed by atoms with Crippen molar-refractivity contribution in [2.24, 2.45) is 0 Å². The summed E-state index contributed by atoms with van der Waals surface area (Å²) in [5, 5.41) is 12.6. The van der Waals surface area contributed by atoms with E-state index < -0.39 is 17.2 Å². The van der Waals surface area contributed by atoms with E-state index in [1.54, 1.807) is 16.6 Å². The monoisotopic (exact) mass is 461 g/mol. The molecule has 2 unspecified atom stereocenters. The highest BCUT2D eigenvalue weighted by atomic mass is 79.9. The van der Waals surface area contributed by atoms with E-state index in [-0.39, 0.29) is 35.0 Å². The molecule has 1 fully saturated rings. The Kier molecular flexibility index (Phi) is 4.23. The molecule has 2 atom stereocenters. The van der Waals surface area contributed by atoms with Crippen LogP contribution in [0.25, 0.3) is 0 Å². The van der Waals surface area contributed by atoms with Gasteiger partial charge in [0.25, 0.3) is 5.91 Å². The summed E-state index contributed by atoms with van der Waals surface area (Å²) >= 11 is 3.34. The lowest BCUT2D eigenvalue weighted by molar-refractivity contribution is 0.0308. The highest BCUT2D eigenvalue weighted by Crippen LogP contribution is 2.43. The molecule has 0 bridgehead atoms. The predicted molar refractivity (Wildman–Crippen MR) is 107 cm³/mol. The zero-order chi connectivity index (χ0) is 20.3. The first kappa shape index (κ1) is 18.7. The molecular weight excluding hydrogens is 442 g/mol. The number of carbonyl (C=O) groups excluding carboxylic acids is 1. The summed E-state index contributed by atoms with van der Waals surface area (Å²) < 4.78 is 13.4. The first-order chi connectivity index (χ1) is 14.0. The molecular formula is C20H20BrN3O5. The van der Waals surface area contributed by atoms with E-state index in [1.807, 2.05) is 35.3 Å². The molecule has 0 saturated carbocycles. The SMILES string of the molecule is CN1C(=O)c2c(OCc3ccccc3)c(=O)c(Br)c3n2N(CC3O)C12CCOC2. The molecule has 1 spiro atoms. The highest BCUT2D eigenvalue weighted by Gasteiger charge is 2.56. The first-order valence-electron chi connectivity index (χ1n) is 9.43. The Morgan fingerprint density at radius 3 is 2.76 bits per heavy atom. The summed E-state index contributed by atoms with van der Waals surface area (Å²) in [5.74, 6) is -0.344. The fourth-order valence-electron chi connectivity index (χ4n) is 4.44. The summed E-state index contributed by atoms with van der Waals surface area (Å²) in [6.07, 6.45) is -0.291. The Balaban J connectivity index is 1.68. The Morgan fingerprint density at radius 1 is 1.31 bits per heavy atom. The van der Waals surface area contributed by atoms with Crippen LogP contribution in [-0.2, 0) is 11.3 Å². The average molecular weight is 462 g/mol. The molecule has 1 N–H and O–H groups in total. The number of hydrogen-bond acceptors (Lipinski definition) is 6. The number of nitrogens with zero attached hydrogens (tertiary/aromatic N) is 3. The number of aromatic nitrogens is 1. The van der Waals surface area contributed by atoms with E-state index in [9.17, 15) is 14.7 Å². The molecule has 8 nitrogen and oxygen atoms in total. The van der Waals surface area contributed by atoms with E-state index in [0.717, 1.165) is 5.56 Å². The molecule has 4 heterocycles. The van der Waals surface area contributed by atoms with Crippen LogP contribution in [0, 0.1) is 0 Å². The van der Waals surface area contributed by atoms with Crippen LogP contribution in [0.5, 0.6) is 5.75 Å². The van der Waals surface area contributed by atoms with E-state index in [4.69, 9.17) is 9.47 Å². The normalized spacial score (nSPS) is 25.1. The van der Waals surface area contributed by atoms with Gasteiger partial charge in [-0.3, -0.25) is 14.6 Å². The van der Waals surface area contributed by atoms with Gasteiger partial charge in [-0.05, 0) is 21.5 Å². The summed E-state index contributed by atoms with van der Waals surface area (Å²) in [5.41, 5.74) is 0.269. The smallest absolute Gasteiger partial charge is 0.278 e. The molecule has 0 aliphatic carbocycles. The number of fused-ring (bicyclic) bond motifs is 1. The van der Waals surface area contributed by atoms with Gasteiger partial charge in [-0.15, -0.1) is 0 Å². The number of aliphatic hydroxyl groups is 1. The molecule has 152 valence electrons. The van der Waals surface area contributed by atoms with Gasteiger partial charge in [0.15, 0.2) is 17.1 Å². The van der Waals surface area contributed by atoms with Crippen LogP contribution in [-0.4, -0.2) is 53.1 Å². The molecule has 1 aromatic carbocycles. The number of rotatable bonds is 3. The largest absolute Gasteiger partial charge is 0.482 e. The maximum atomic E-state index is 13.4.